The number of carbonyl (C=O) groups is 1. The predicted molar refractivity (Wildman–Crippen MR) is 72.9 cm³/mol. The molecule has 0 unspecified atom stereocenters. The molecule has 4 N–H and O–H groups in total. The van der Waals surface area contributed by atoms with E-state index in [1.807, 2.05) is 0 Å². The first-order valence-corrected chi connectivity index (χ1v) is 6.58. The van der Waals surface area contributed by atoms with Gasteiger partial charge in [0.25, 0.3) is 0 Å². The lowest BCUT2D eigenvalue weighted by atomic mass is 10.0. The van der Waals surface area contributed by atoms with Gasteiger partial charge in [0.15, 0.2) is 0 Å². The third-order valence-electron chi connectivity index (χ3n) is 3.23. The van der Waals surface area contributed by atoms with E-state index in [9.17, 15) is 4.79 Å². The molecule has 0 aromatic carbocycles. The Morgan fingerprint density at radius 3 is 2.72 bits per heavy atom. The second-order valence-corrected chi connectivity index (χ2v) is 5.69. The van der Waals surface area contributed by atoms with Gasteiger partial charge in [-0.25, -0.2) is 4.79 Å². The Labute approximate surface area is 111 Å². The number of fused-ring (bicyclic) bond motifs is 1. The summed E-state index contributed by atoms with van der Waals surface area (Å²) < 4.78 is 4.79. The van der Waals surface area contributed by atoms with Gasteiger partial charge in [-0.15, -0.1) is 11.3 Å². The summed E-state index contributed by atoms with van der Waals surface area (Å²) in [7, 11) is 1.40. The molecule has 6 heteroatoms. The van der Waals surface area contributed by atoms with Crippen LogP contribution in [0, 0.1) is 0 Å². The number of hydrogen-bond donors (Lipinski definition) is 1. The summed E-state index contributed by atoms with van der Waals surface area (Å²) in [5, 5.41) is 0.590. The van der Waals surface area contributed by atoms with Crippen molar-refractivity contribution in [3.05, 3.63) is 16.0 Å². The molecule has 2 heterocycles. The van der Waals surface area contributed by atoms with Crippen LogP contribution in [0.15, 0.2) is 0 Å². The number of carbonyl (C=O) groups excluding carboxylic acids is 1. The molecule has 1 aliphatic rings. The number of ether oxygens (including phenoxy) is 1. The van der Waals surface area contributed by atoms with Crippen LogP contribution in [0.4, 0.5) is 5.00 Å². The number of esters is 1. The summed E-state index contributed by atoms with van der Waals surface area (Å²) in [4.78, 5) is 15.3. The molecule has 18 heavy (non-hydrogen) atoms. The van der Waals surface area contributed by atoms with Crippen molar-refractivity contribution in [2.45, 2.75) is 32.9 Å². The van der Waals surface area contributed by atoms with Crippen molar-refractivity contribution in [3.63, 3.8) is 0 Å². The summed E-state index contributed by atoms with van der Waals surface area (Å²) in [6.07, 6.45) is 0.881. The van der Waals surface area contributed by atoms with Gasteiger partial charge < -0.3 is 15.9 Å². The van der Waals surface area contributed by atoms with Crippen LogP contribution < -0.4 is 5.73 Å². The number of nitrogen functional groups attached to an aromatic ring is 1. The predicted octanol–water partition coefficient (Wildman–Crippen LogP) is 1.06. The molecule has 0 radical (unpaired) electrons. The van der Waals surface area contributed by atoms with Gasteiger partial charge in [0.05, 0.1) is 12.7 Å². The van der Waals surface area contributed by atoms with Crippen LogP contribution in [-0.2, 0) is 17.7 Å². The monoisotopic (exact) mass is 272 g/mol. The third kappa shape index (κ3) is 2.50. The lowest BCUT2D eigenvalue weighted by Crippen LogP contribution is -2.35. The first kappa shape index (κ1) is 14.9. The molecule has 0 amide bonds. The average Bonchev–Trinajstić information content (AvgIpc) is 2.62. The first-order chi connectivity index (χ1) is 8.04. The Balaban J connectivity index is 0.00000162. The van der Waals surface area contributed by atoms with Crippen LogP contribution in [0.25, 0.3) is 0 Å². The van der Waals surface area contributed by atoms with E-state index in [1.54, 1.807) is 0 Å². The second kappa shape index (κ2) is 5.69. The van der Waals surface area contributed by atoms with E-state index in [4.69, 9.17) is 10.5 Å². The molecular weight excluding hydrogens is 252 g/mol. The van der Waals surface area contributed by atoms with E-state index in [-0.39, 0.29) is 11.4 Å². The number of nitrogens with two attached hydrogens (primary N) is 1. The minimum Gasteiger partial charge on any atom is -0.465 e. The van der Waals surface area contributed by atoms with Gasteiger partial charge in [0.2, 0.25) is 0 Å². The Hall–Kier alpha value is -1.11. The van der Waals surface area contributed by atoms with Crippen LogP contribution >= 0.6 is 11.3 Å². The highest BCUT2D eigenvalue weighted by Gasteiger charge is 2.28. The largest absolute Gasteiger partial charge is 0.465 e. The molecule has 0 spiro atoms. The van der Waals surface area contributed by atoms with Crippen LogP contribution in [-0.4, -0.2) is 36.0 Å². The molecule has 5 nitrogen and oxygen atoms in total. The molecule has 1 aromatic rings. The van der Waals surface area contributed by atoms with Gasteiger partial charge in [0, 0.05) is 24.0 Å². The molecule has 0 fully saturated rings. The Morgan fingerprint density at radius 1 is 1.50 bits per heavy atom. The maximum absolute atomic E-state index is 11.7. The van der Waals surface area contributed by atoms with E-state index >= 15 is 0 Å². The maximum atomic E-state index is 11.7. The van der Waals surface area contributed by atoms with Gasteiger partial charge >= 0.3 is 5.97 Å². The van der Waals surface area contributed by atoms with E-state index in [0.29, 0.717) is 16.6 Å². The van der Waals surface area contributed by atoms with E-state index in [2.05, 4.69) is 18.7 Å². The van der Waals surface area contributed by atoms with Gasteiger partial charge in [0.1, 0.15) is 5.00 Å². The summed E-state index contributed by atoms with van der Waals surface area (Å²) in [6.45, 7) is 6.23. The highest BCUT2D eigenvalue weighted by Crippen LogP contribution is 2.35. The van der Waals surface area contributed by atoms with Crippen molar-refractivity contribution >= 4 is 22.3 Å². The van der Waals surface area contributed by atoms with Crippen molar-refractivity contribution in [1.29, 1.82) is 0 Å². The van der Waals surface area contributed by atoms with Gasteiger partial charge in [-0.05, 0) is 25.8 Å². The van der Waals surface area contributed by atoms with Gasteiger partial charge in [-0.2, -0.15) is 0 Å². The zero-order valence-corrected chi connectivity index (χ0v) is 11.8. The molecule has 0 atom stereocenters. The lowest BCUT2D eigenvalue weighted by Gasteiger charge is -2.30. The molecule has 1 aromatic heterocycles. The topological polar surface area (TPSA) is 87.1 Å². The minimum atomic E-state index is -0.307. The normalized spacial score (nSPS) is 15.1. The fourth-order valence-corrected chi connectivity index (χ4v) is 3.34. The SMILES string of the molecule is COC(=O)c1c(N)sc2c1CCN(C(C)C)C2.O. The number of rotatable bonds is 2. The van der Waals surface area contributed by atoms with Gasteiger partial charge in [-0.3, -0.25) is 4.90 Å². The van der Waals surface area contributed by atoms with Crippen LogP contribution in [0.3, 0.4) is 0 Å². The summed E-state index contributed by atoms with van der Waals surface area (Å²) in [6, 6.07) is 0.521. The first-order valence-electron chi connectivity index (χ1n) is 5.77. The fraction of sp³-hybridized carbons (Fsp3) is 0.583. The molecule has 0 aliphatic carbocycles. The standard InChI is InChI=1S/C12H18N2O2S.H2O/c1-7(2)14-5-4-8-9(6-14)17-11(13)10(8)12(15)16-3;/h7H,4-6,13H2,1-3H3;1H2. The molecule has 0 saturated heterocycles. The third-order valence-corrected chi connectivity index (χ3v) is 4.28. The zero-order chi connectivity index (χ0) is 12.6. The average molecular weight is 272 g/mol. The molecule has 1 aliphatic heterocycles. The zero-order valence-electron chi connectivity index (χ0n) is 10.9. The van der Waals surface area contributed by atoms with Crippen molar-refractivity contribution in [2.24, 2.45) is 0 Å². The molecule has 0 saturated carbocycles. The summed E-state index contributed by atoms with van der Waals surface area (Å²) in [5.41, 5.74) is 7.61. The van der Waals surface area contributed by atoms with Crippen molar-refractivity contribution in [3.8, 4) is 0 Å². The van der Waals surface area contributed by atoms with Gasteiger partial charge in [-0.1, -0.05) is 0 Å². The van der Waals surface area contributed by atoms with E-state index < -0.39 is 0 Å². The summed E-state index contributed by atoms with van der Waals surface area (Å²) >= 11 is 1.52. The maximum Gasteiger partial charge on any atom is 0.341 e. The number of hydrogen-bond acceptors (Lipinski definition) is 5. The van der Waals surface area contributed by atoms with E-state index in [1.165, 1.54) is 23.3 Å². The number of thiophene rings is 1. The van der Waals surface area contributed by atoms with Crippen LogP contribution in [0.5, 0.6) is 0 Å². The molecule has 2 rings (SSSR count). The minimum absolute atomic E-state index is 0. The highest BCUT2D eigenvalue weighted by molar-refractivity contribution is 7.16. The van der Waals surface area contributed by atoms with Crippen LogP contribution in [0.1, 0.15) is 34.6 Å². The Kier molecular flexibility index (Phi) is 4.72. The Bertz CT molecular complexity index is 443. The Morgan fingerprint density at radius 2 is 2.17 bits per heavy atom. The number of methoxy groups -OCH3 is 1. The van der Waals surface area contributed by atoms with Crippen molar-refractivity contribution in [1.82, 2.24) is 4.90 Å². The lowest BCUT2D eigenvalue weighted by molar-refractivity contribution is 0.0600. The fourth-order valence-electron chi connectivity index (χ4n) is 2.21. The van der Waals surface area contributed by atoms with Crippen LogP contribution in [0.2, 0.25) is 0 Å². The number of nitrogens with zero attached hydrogens (tertiary/aromatic N) is 1. The quantitative estimate of drug-likeness (QED) is 0.815. The molecule has 0 bridgehead atoms. The molecular formula is C12H20N2O3S. The number of anilines is 1. The smallest absolute Gasteiger partial charge is 0.341 e. The van der Waals surface area contributed by atoms with Crippen molar-refractivity contribution in [2.75, 3.05) is 19.4 Å². The van der Waals surface area contributed by atoms with E-state index in [0.717, 1.165) is 25.1 Å². The highest BCUT2D eigenvalue weighted by atomic mass is 32.1. The van der Waals surface area contributed by atoms with Crippen molar-refractivity contribution < 1.29 is 15.0 Å². The summed E-state index contributed by atoms with van der Waals surface area (Å²) in [5.74, 6) is -0.307. The second-order valence-electron chi connectivity index (χ2n) is 4.55. The molecule has 102 valence electrons.